The second kappa shape index (κ2) is 12.7. The molecule has 1 aromatic carbocycles. The largest absolute Gasteiger partial charge is 0.462 e. The van der Waals surface area contributed by atoms with Crippen LogP contribution in [-0.4, -0.2) is 35.9 Å². The van der Waals surface area contributed by atoms with Crippen molar-refractivity contribution >= 4 is 39.2 Å². The summed E-state index contributed by atoms with van der Waals surface area (Å²) >= 11 is 9.20. The monoisotopic (exact) mass is 472 g/mol. The van der Waals surface area contributed by atoms with Crippen LogP contribution in [-0.2, 0) is 11.3 Å². The molecule has 0 aromatic heterocycles. The molecule has 4 nitrogen and oxygen atoms in total. The SMILES string of the molecule is CCN(Cc1cc(C(=O)OCCCCCCCl)cc(Br)c1N)C1CCCCC1. The molecule has 6 heteroatoms. The van der Waals surface area contributed by atoms with Gasteiger partial charge in [0.05, 0.1) is 17.9 Å². The van der Waals surface area contributed by atoms with Gasteiger partial charge in [-0.2, -0.15) is 0 Å². The van der Waals surface area contributed by atoms with E-state index in [4.69, 9.17) is 22.1 Å². The summed E-state index contributed by atoms with van der Waals surface area (Å²) in [6, 6.07) is 4.29. The number of alkyl halides is 1. The van der Waals surface area contributed by atoms with Crippen LogP contribution in [0.3, 0.4) is 0 Å². The van der Waals surface area contributed by atoms with Gasteiger partial charge in [0.1, 0.15) is 0 Å². The van der Waals surface area contributed by atoms with Gasteiger partial charge in [0.25, 0.3) is 0 Å². The highest BCUT2D eigenvalue weighted by atomic mass is 79.9. The maximum absolute atomic E-state index is 12.5. The second-order valence-electron chi connectivity index (χ2n) is 7.62. The minimum atomic E-state index is -0.278. The standard InChI is InChI=1S/C22H34BrClN2O2/c1-2-26(19-10-6-5-7-11-19)16-18-14-17(15-20(23)21(18)25)22(27)28-13-9-4-3-8-12-24/h14-15,19H,2-13,16,25H2,1H3. The second-order valence-corrected chi connectivity index (χ2v) is 8.86. The normalized spacial score (nSPS) is 15.1. The number of halogens is 2. The Hall–Kier alpha value is -0.780. The first-order chi connectivity index (χ1) is 13.6. The van der Waals surface area contributed by atoms with Gasteiger partial charge < -0.3 is 10.5 Å². The summed E-state index contributed by atoms with van der Waals surface area (Å²) in [6.45, 7) is 4.40. The van der Waals surface area contributed by atoms with E-state index in [9.17, 15) is 4.79 Å². The van der Waals surface area contributed by atoms with Crippen LogP contribution < -0.4 is 5.73 Å². The minimum Gasteiger partial charge on any atom is -0.462 e. The molecule has 1 aliphatic carbocycles. The van der Waals surface area contributed by atoms with Crippen molar-refractivity contribution < 1.29 is 9.53 Å². The molecular formula is C22H34BrClN2O2. The Labute approximate surface area is 183 Å². The maximum Gasteiger partial charge on any atom is 0.338 e. The predicted molar refractivity (Wildman–Crippen MR) is 121 cm³/mol. The summed E-state index contributed by atoms with van der Waals surface area (Å²) in [7, 11) is 0. The molecule has 158 valence electrons. The lowest BCUT2D eigenvalue weighted by Gasteiger charge is -2.34. The van der Waals surface area contributed by atoms with Crippen LogP contribution in [0.1, 0.15) is 80.6 Å². The Kier molecular flexibility index (Phi) is 10.7. The zero-order valence-electron chi connectivity index (χ0n) is 17.0. The fourth-order valence-electron chi connectivity index (χ4n) is 3.89. The molecule has 0 saturated heterocycles. The zero-order chi connectivity index (χ0) is 20.4. The van der Waals surface area contributed by atoms with E-state index in [0.717, 1.165) is 48.8 Å². The smallest absolute Gasteiger partial charge is 0.338 e. The van der Waals surface area contributed by atoms with Gasteiger partial charge in [-0.25, -0.2) is 4.79 Å². The van der Waals surface area contributed by atoms with Crippen molar-refractivity contribution in [2.24, 2.45) is 0 Å². The average Bonchev–Trinajstić information content (AvgIpc) is 2.72. The van der Waals surface area contributed by atoms with Gasteiger partial charge in [0, 0.05) is 22.9 Å². The molecule has 1 aliphatic rings. The molecule has 1 aromatic rings. The Morgan fingerprint density at radius 2 is 1.93 bits per heavy atom. The van der Waals surface area contributed by atoms with E-state index in [1.807, 2.05) is 6.07 Å². The average molecular weight is 474 g/mol. The van der Waals surface area contributed by atoms with Crippen LogP contribution in [0.2, 0.25) is 0 Å². The lowest BCUT2D eigenvalue weighted by atomic mass is 9.93. The van der Waals surface area contributed by atoms with Gasteiger partial charge in [-0.05, 0) is 65.9 Å². The van der Waals surface area contributed by atoms with E-state index >= 15 is 0 Å². The highest BCUT2D eigenvalue weighted by Gasteiger charge is 2.22. The van der Waals surface area contributed by atoms with Gasteiger partial charge in [0.15, 0.2) is 0 Å². The van der Waals surface area contributed by atoms with E-state index in [1.165, 1.54) is 32.1 Å². The fourth-order valence-corrected chi connectivity index (χ4v) is 4.58. The molecule has 2 N–H and O–H groups in total. The quantitative estimate of drug-likeness (QED) is 0.181. The number of nitrogen functional groups attached to an aromatic ring is 1. The summed E-state index contributed by atoms with van der Waals surface area (Å²) < 4.78 is 6.22. The lowest BCUT2D eigenvalue weighted by Crippen LogP contribution is -2.36. The molecule has 0 heterocycles. The molecule has 1 saturated carbocycles. The molecule has 1 fully saturated rings. The van der Waals surface area contributed by atoms with Crippen LogP contribution in [0.25, 0.3) is 0 Å². The number of esters is 1. The molecule has 0 aliphatic heterocycles. The Bertz CT molecular complexity index is 621. The van der Waals surface area contributed by atoms with Crippen molar-refractivity contribution in [2.45, 2.75) is 77.3 Å². The highest BCUT2D eigenvalue weighted by Crippen LogP contribution is 2.30. The molecule has 2 rings (SSSR count). The lowest BCUT2D eigenvalue weighted by molar-refractivity contribution is 0.0497. The third-order valence-corrected chi connectivity index (χ3v) is 6.51. The van der Waals surface area contributed by atoms with Gasteiger partial charge in [-0.15, -0.1) is 11.6 Å². The number of nitrogens with zero attached hydrogens (tertiary/aromatic N) is 1. The third kappa shape index (κ3) is 7.23. The number of ether oxygens (including phenoxy) is 1. The van der Waals surface area contributed by atoms with Gasteiger partial charge in [0.2, 0.25) is 0 Å². The third-order valence-electron chi connectivity index (χ3n) is 5.58. The number of carbonyl (C=O) groups excluding carboxylic acids is 1. The fraction of sp³-hybridized carbons (Fsp3) is 0.682. The minimum absolute atomic E-state index is 0.278. The van der Waals surface area contributed by atoms with Crippen LogP contribution in [0, 0.1) is 0 Å². The van der Waals surface area contributed by atoms with E-state index in [2.05, 4.69) is 27.8 Å². The van der Waals surface area contributed by atoms with Gasteiger partial charge in [-0.1, -0.05) is 39.0 Å². The van der Waals surface area contributed by atoms with E-state index in [-0.39, 0.29) is 5.97 Å². The summed E-state index contributed by atoms with van der Waals surface area (Å²) in [5, 5.41) is 0. The number of anilines is 1. The first kappa shape index (κ1) is 23.5. The van der Waals surface area contributed by atoms with Gasteiger partial charge in [-0.3, -0.25) is 4.90 Å². The van der Waals surface area contributed by atoms with Crippen LogP contribution in [0.15, 0.2) is 16.6 Å². The molecule has 28 heavy (non-hydrogen) atoms. The molecule has 0 radical (unpaired) electrons. The molecule has 0 atom stereocenters. The summed E-state index contributed by atoms with van der Waals surface area (Å²) in [5.41, 5.74) is 8.59. The maximum atomic E-state index is 12.5. The number of rotatable bonds is 11. The number of benzene rings is 1. The molecule has 0 bridgehead atoms. The Morgan fingerprint density at radius 1 is 1.21 bits per heavy atom. The zero-order valence-corrected chi connectivity index (χ0v) is 19.4. The number of carbonyl (C=O) groups is 1. The van der Waals surface area contributed by atoms with E-state index < -0.39 is 0 Å². The Balaban J connectivity index is 1.99. The molecule has 0 unspecified atom stereocenters. The topological polar surface area (TPSA) is 55.6 Å². The van der Waals surface area contributed by atoms with Crippen LogP contribution in [0.5, 0.6) is 0 Å². The molecular weight excluding hydrogens is 440 g/mol. The summed E-state index contributed by atoms with van der Waals surface area (Å²) in [5.74, 6) is 0.414. The van der Waals surface area contributed by atoms with Crippen LogP contribution >= 0.6 is 27.5 Å². The van der Waals surface area contributed by atoms with Crippen molar-refractivity contribution in [1.82, 2.24) is 4.90 Å². The number of hydrogen-bond acceptors (Lipinski definition) is 4. The van der Waals surface area contributed by atoms with Crippen molar-refractivity contribution in [2.75, 3.05) is 24.8 Å². The van der Waals surface area contributed by atoms with Crippen molar-refractivity contribution in [3.8, 4) is 0 Å². The number of unbranched alkanes of at least 4 members (excludes halogenated alkanes) is 3. The van der Waals surface area contributed by atoms with E-state index in [0.29, 0.717) is 29.8 Å². The summed E-state index contributed by atoms with van der Waals surface area (Å²) in [4.78, 5) is 15.0. The van der Waals surface area contributed by atoms with Crippen LogP contribution in [0.4, 0.5) is 5.69 Å². The first-order valence-corrected chi connectivity index (χ1v) is 11.9. The summed E-state index contributed by atoms with van der Waals surface area (Å²) in [6.07, 6.45) is 10.4. The number of hydrogen-bond donors (Lipinski definition) is 1. The van der Waals surface area contributed by atoms with Crippen molar-refractivity contribution in [3.63, 3.8) is 0 Å². The molecule has 0 amide bonds. The highest BCUT2D eigenvalue weighted by molar-refractivity contribution is 9.10. The predicted octanol–water partition coefficient (Wildman–Crippen LogP) is 6.14. The van der Waals surface area contributed by atoms with E-state index in [1.54, 1.807) is 6.07 Å². The van der Waals surface area contributed by atoms with Crippen molar-refractivity contribution in [1.29, 1.82) is 0 Å². The van der Waals surface area contributed by atoms with Crippen molar-refractivity contribution in [3.05, 3.63) is 27.7 Å². The molecule has 0 spiro atoms. The van der Waals surface area contributed by atoms with Gasteiger partial charge >= 0.3 is 5.97 Å². The number of nitrogens with two attached hydrogens (primary N) is 1. The first-order valence-electron chi connectivity index (χ1n) is 10.6. The Morgan fingerprint density at radius 3 is 2.61 bits per heavy atom.